The van der Waals surface area contributed by atoms with Crippen molar-refractivity contribution in [1.82, 2.24) is 9.80 Å². The van der Waals surface area contributed by atoms with Crippen molar-refractivity contribution >= 4 is 11.8 Å². The molecule has 0 aromatic heterocycles. The topological polar surface area (TPSA) is 49.9 Å². The van der Waals surface area contributed by atoms with Gasteiger partial charge >= 0.3 is 0 Å². The number of nitrogens with zero attached hydrogens (tertiary/aromatic N) is 2. The standard InChI is InChI=1S/C23H34N2O3/c1-17(2)9-10-22(27)24(4)20-11-13-23(14-12-20)16-25(18(3)26)15-19-7-5-6-8-21(19)28-23/h5-8,17,20H,9-16H2,1-4H3. The van der Waals surface area contributed by atoms with Crippen molar-refractivity contribution in [2.45, 2.75) is 77.5 Å². The van der Waals surface area contributed by atoms with Gasteiger partial charge in [0.1, 0.15) is 11.4 Å². The van der Waals surface area contributed by atoms with Crippen LogP contribution in [0.15, 0.2) is 24.3 Å². The molecule has 0 unspecified atom stereocenters. The number of ether oxygens (including phenoxy) is 1. The molecule has 3 rings (SSSR count). The summed E-state index contributed by atoms with van der Waals surface area (Å²) < 4.78 is 6.54. The highest BCUT2D eigenvalue weighted by Crippen LogP contribution is 2.39. The number of amides is 2. The molecule has 1 fully saturated rings. The van der Waals surface area contributed by atoms with E-state index in [1.165, 1.54) is 0 Å². The second-order valence-corrected chi connectivity index (χ2v) is 8.94. The van der Waals surface area contributed by atoms with Gasteiger partial charge in [0.15, 0.2) is 0 Å². The van der Waals surface area contributed by atoms with Gasteiger partial charge in [0.05, 0.1) is 6.54 Å². The molecule has 0 radical (unpaired) electrons. The molecule has 0 atom stereocenters. The van der Waals surface area contributed by atoms with Crippen LogP contribution in [0.1, 0.15) is 64.9 Å². The first-order valence-electron chi connectivity index (χ1n) is 10.6. The smallest absolute Gasteiger partial charge is 0.222 e. The Morgan fingerprint density at radius 3 is 2.57 bits per heavy atom. The van der Waals surface area contributed by atoms with E-state index in [0.29, 0.717) is 25.4 Å². The predicted molar refractivity (Wildman–Crippen MR) is 110 cm³/mol. The number of para-hydroxylation sites is 1. The highest BCUT2D eigenvalue weighted by molar-refractivity contribution is 5.76. The van der Waals surface area contributed by atoms with Crippen LogP contribution in [-0.4, -0.2) is 46.8 Å². The number of hydrogen-bond acceptors (Lipinski definition) is 3. The average Bonchev–Trinajstić information content (AvgIpc) is 2.83. The van der Waals surface area contributed by atoms with Gasteiger partial charge in [0.25, 0.3) is 0 Å². The first kappa shape index (κ1) is 20.7. The third kappa shape index (κ3) is 4.68. The minimum absolute atomic E-state index is 0.0859. The SMILES string of the molecule is CC(=O)N1Cc2ccccc2OC2(CCC(N(C)C(=O)CCC(C)C)CC2)C1. The highest BCUT2D eigenvalue weighted by atomic mass is 16.5. The van der Waals surface area contributed by atoms with E-state index < -0.39 is 0 Å². The van der Waals surface area contributed by atoms with E-state index in [9.17, 15) is 9.59 Å². The van der Waals surface area contributed by atoms with Crippen LogP contribution in [0.4, 0.5) is 0 Å². The Hall–Kier alpha value is -2.04. The molecule has 0 N–H and O–H groups in total. The van der Waals surface area contributed by atoms with E-state index in [4.69, 9.17) is 4.74 Å². The lowest BCUT2D eigenvalue weighted by Crippen LogP contribution is -2.52. The van der Waals surface area contributed by atoms with Crippen LogP contribution in [0.5, 0.6) is 5.75 Å². The normalized spacial score (nSPS) is 24.5. The van der Waals surface area contributed by atoms with Gasteiger partial charge in [-0.25, -0.2) is 0 Å². The Kier molecular flexibility index (Phi) is 6.31. The van der Waals surface area contributed by atoms with Gasteiger partial charge in [-0.3, -0.25) is 9.59 Å². The fraction of sp³-hybridized carbons (Fsp3) is 0.652. The van der Waals surface area contributed by atoms with E-state index in [1.54, 1.807) is 6.92 Å². The third-order valence-electron chi connectivity index (χ3n) is 6.33. The molecule has 5 heteroatoms. The van der Waals surface area contributed by atoms with Gasteiger partial charge in [-0.2, -0.15) is 0 Å². The molecule has 1 aliphatic heterocycles. The Balaban J connectivity index is 1.69. The zero-order valence-electron chi connectivity index (χ0n) is 17.7. The summed E-state index contributed by atoms with van der Waals surface area (Å²) >= 11 is 0. The Morgan fingerprint density at radius 2 is 1.93 bits per heavy atom. The maximum atomic E-state index is 12.5. The minimum Gasteiger partial charge on any atom is -0.485 e. The van der Waals surface area contributed by atoms with Crippen molar-refractivity contribution in [2.24, 2.45) is 5.92 Å². The van der Waals surface area contributed by atoms with Crippen LogP contribution in [0.2, 0.25) is 0 Å². The van der Waals surface area contributed by atoms with E-state index in [2.05, 4.69) is 13.8 Å². The first-order chi connectivity index (χ1) is 13.3. The van der Waals surface area contributed by atoms with E-state index in [-0.39, 0.29) is 23.5 Å². The fourth-order valence-corrected chi connectivity index (χ4v) is 4.40. The molecule has 28 heavy (non-hydrogen) atoms. The molecule has 1 aliphatic carbocycles. The van der Waals surface area contributed by atoms with Gasteiger partial charge in [0, 0.05) is 38.5 Å². The summed E-state index contributed by atoms with van der Waals surface area (Å²) in [6, 6.07) is 8.29. The lowest BCUT2D eigenvalue weighted by Gasteiger charge is -2.43. The summed E-state index contributed by atoms with van der Waals surface area (Å²) in [6.45, 7) is 7.16. The zero-order chi connectivity index (χ0) is 20.3. The lowest BCUT2D eigenvalue weighted by atomic mass is 9.81. The molecule has 1 spiro atoms. The summed E-state index contributed by atoms with van der Waals surface area (Å²) in [7, 11) is 1.94. The van der Waals surface area contributed by atoms with Gasteiger partial charge < -0.3 is 14.5 Å². The quantitative estimate of drug-likeness (QED) is 0.786. The van der Waals surface area contributed by atoms with E-state index in [1.807, 2.05) is 41.1 Å². The average molecular weight is 387 g/mol. The Bertz CT molecular complexity index is 708. The van der Waals surface area contributed by atoms with Gasteiger partial charge in [0.2, 0.25) is 11.8 Å². The molecule has 2 amide bonds. The number of fused-ring (bicyclic) bond motifs is 1. The summed E-state index contributed by atoms with van der Waals surface area (Å²) in [5.41, 5.74) is 0.717. The number of benzene rings is 1. The van der Waals surface area contributed by atoms with Crippen molar-refractivity contribution in [3.05, 3.63) is 29.8 Å². The largest absolute Gasteiger partial charge is 0.485 e. The molecule has 0 saturated heterocycles. The van der Waals surface area contributed by atoms with Gasteiger partial charge in [-0.05, 0) is 44.1 Å². The highest BCUT2D eigenvalue weighted by Gasteiger charge is 2.42. The molecule has 1 aromatic rings. The molecule has 1 heterocycles. The van der Waals surface area contributed by atoms with Gasteiger partial charge in [-0.15, -0.1) is 0 Å². The lowest BCUT2D eigenvalue weighted by molar-refractivity contribution is -0.135. The summed E-state index contributed by atoms with van der Waals surface area (Å²) in [4.78, 5) is 28.6. The molecule has 0 bridgehead atoms. The molecule has 154 valence electrons. The molecule has 5 nitrogen and oxygen atoms in total. The van der Waals surface area contributed by atoms with Crippen molar-refractivity contribution in [2.75, 3.05) is 13.6 Å². The van der Waals surface area contributed by atoms with E-state index >= 15 is 0 Å². The molecule has 2 aliphatic rings. The van der Waals surface area contributed by atoms with Crippen LogP contribution in [-0.2, 0) is 16.1 Å². The Labute approximate surface area is 169 Å². The van der Waals surface area contributed by atoms with Crippen molar-refractivity contribution in [3.8, 4) is 5.75 Å². The first-order valence-corrected chi connectivity index (χ1v) is 10.6. The molecule has 1 saturated carbocycles. The fourth-order valence-electron chi connectivity index (χ4n) is 4.40. The minimum atomic E-state index is -0.351. The van der Waals surface area contributed by atoms with Crippen molar-refractivity contribution in [3.63, 3.8) is 0 Å². The van der Waals surface area contributed by atoms with Crippen LogP contribution < -0.4 is 4.74 Å². The molecular weight excluding hydrogens is 352 g/mol. The second kappa shape index (κ2) is 8.54. The summed E-state index contributed by atoms with van der Waals surface area (Å²) in [6.07, 6.45) is 5.11. The number of rotatable bonds is 4. The van der Waals surface area contributed by atoms with Crippen molar-refractivity contribution < 1.29 is 14.3 Å². The summed E-state index contributed by atoms with van der Waals surface area (Å²) in [5.74, 6) is 1.77. The number of hydrogen-bond donors (Lipinski definition) is 0. The van der Waals surface area contributed by atoms with Crippen LogP contribution in [0, 0.1) is 5.92 Å². The maximum Gasteiger partial charge on any atom is 0.222 e. The zero-order valence-corrected chi connectivity index (χ0v) is 17.7. The van der Waals surface area contributed by atoms with Crippen molar-refractivity contribution in [1.29, 1.82) is 0 Å². The predicted octanol–water partition coefficient (Wildman–Crippen LogP) is 4.00. The Morgan fingerprint density at radius 1 is 1.25 bits per heavy atom. The summed E-state index contributed by atoms with van der Waals surface area (Å²) in [5, 5.41) is 0. The van der Waals surface area contributed by atoms with Crippen LogP contribution in [0.3, 0.4) is 0 Å². The van der Waals surface area contributed by atoms with Crippen LogP contribution in [0.25, 0.3) is 0 Å². The number of carbonyl (C=O) groups excluding carboxylic acids is 2. The second-order valence-electron chi connectivity index (χ2n) is 8.94. The van der Waals surface area contributed by atoms with E-state index in [0.717, 1.165) is 43.4 Å². The monoisotopic (exact) mass is 386 g/mol. The molecule has 1 aromatic carbocycles. The van der Waals surface area contributed by atoms with Crippen LogP contribution >= 0.6 is 0 Å². The third-order valence-corrected chi connectivity index (χ3v) is 6.33. The van der Waals surface area contributed by atoms with Gasteiger partial charge in [-0.1, -0.05) is 32.0 Å². The number of carbonyl (C=O) groups is 2. The maximum absolute atomic E-state index is 12.5. The molecular formula is C23H34N2O3.